The molecule has 0 aromatic heterocycles. The zero-order valence-electron chi connectivity index (χ0n) is 13.0. The number of ether oxygens (including phenoxy) is 3. The summed E-state index contributed by atoms with van der Waals surface area (Å²) in [5.41, 5.74) is 4.05. The summed E-state index contributed by atoms with van der Waals surface area (Å²) in [5.74, 6) is 2.05. The van der Waals surface area contributed by atoms with Crippen molar-refractivity contribution in [2.24, 2.45) is 4.99 Å². The van der Waals surface area contributed by atoms with Gasteiger partial charge in [0.15, 0.2) is 23.0 Å². The van der Waals surface area contributed by atoms with Gasteiger partial charge in [-0.15, -0.1) is 0 Å². The SMILES string of the molecule is COc1ccc2c(c1O)Oc1c(OC)ccc3c1C(=NCC3)C2. The maximum absolute atomic E-state index is 10.5. The fraction of sp³-hybridized carbons (Fsp3) is 0.278. The minimum atomic E-state index is 0.00361. The van der Waals surface area contributed by atoms with E-state index < -0.39 is 0 Å². The van der Waals surface area contributed by atoms with Gasteiger partial charge in [-0.1, -0.05) is 12.1 Å². The third kappa shape index (κ3) is 2.04. The number of hydrogen-bond donors (Lipinski definition) is 1. The van der Waals surface area contributed by atoms with Crippen LogP contribution in [0.15, 0.2) is 29.3 Å². The smallest absolute Gasteiger partial charge is 0.201 e. The van der Waals surface area contributed by atoms with Crippen molar-refractivity contribution in [2.75, 3.05) is 20.8 Å². The van der Waals surface area contributed by atoms with Gasteiger partial charge in [-0.2, -0.15) is 0 Å². The van der Waals surface area contributed by atoms with E-state index in [4.69, 9.17) is 14.2 Å². The number of phenols is 1. The van der Waals surface area contributed by atoms with Crippen LogP contribution in [0, 0.1) is 0 Å². The predicted octanol–water partition coefficient (Wildman–Crippen LogP) is 3.10. The predicted molar refractivity (Wildman–Crippen MR) is 86.5 cm³/mol. The first-order valence-electron chi connectivity index (χ1n) is 7.53. The van der Waals surface area contributed by atoms with Gasteiger partial charge in [0.05, 0.1) is 19.9 Å². The van der Waals surface area contributed by atoms with E-state index in [9.17, 15) is 5.11 Å². The Balaban J connectivity index is 1.99. The number of fused-ring (bicyclic) bond motifs is 1. The normalized spacial score (nSPS) is 14.8. The summed E-state index contributed by atoms with van der Waals surface area (Å²) in [4.78, 5) is 4.68. The van der Waals surface area contributed by atoms with E-state index in [-0.39, 0.29) is 5.75 Å². The fourth-order valence-corrected chi connectivity index (χ4v) is 3.22. The number of rotatable bonds is 2. The largest absolute Gasteiger partial charge is 0.502 e. The van der Waals surface area contributed by atoms with Crippen LogP contribution in [0.3, 0.4) is 0 Å². The third-order valence-electron chi connectivity index (χ3n) is 4.36. The van der Waals surface area contributed by atoms with Crippen molar-refractivity contribution in [3.05, 3.63) is 41.0 Å². The Morgan fingerprint density at radius 2 is 1.74 bits per heavy atom. The first-order valence-corrected chi connectivity index (χ1v) is 7.53. The van der Waals surface area contributed by atoms with E-state index >= 15 is 0 Å². The van der Waals surface area contributed by atoms with Gasteiger partial charge in [-0.05, 0) is 24.1 Å². The van der Waals surface area contributed by atoms with Crippen LogP contribution in [-0.4, -0.2) is 31.6 Å². The standard InChI is InChI=1S/C18H17NO4/c1-21-13-5-4-11-9-12-15-10(7-8-19-12)3-6-14(22-2)18(15)23-17(11)16(13)20/h3-6,20H,7-9H2,1-2H3. The average molecular weight is 311 g/mol. The van der Waals surface area contributed by atoms with Gasteiger partial charge in [0.2, 0.25) is 5.75 Å². The number of benzene rings is 2. The van der Waals surface area contributed by atoms with E-state index in [1.165, 1.54) is 12.7 Å². The molecule has 0 amide bonds. The minimum Gasteiger partial charge on any atom is -0.502 e. The lowest BCUT2D eigenvalue weighted by Gasteiger charge is -2.19. The van der Waals surface area contributed by atoms with Crippen molar-refractivity contribution in [3.8, 4) is 28.7 Å². The third-order valence-corrected chi connectivity index (χ3v) is 4.36. The molecule has 2 aliphatic rings. The van der Waals surface area contributed by atoms with Crippen LogP contribution < -0.4 is 14.2 Å². The lowest BCUT2D eigenvalue weighted by Crippen LogP contribution is -2.15. The number of aromatic hydroxyl groups is 1. The molecule has 2 aromatic carbocycles. The number of nitrogens with zero attached hydrogens (tertiary/aromatic N) is 1. The summed E-state index contributed by atoms with van der Waals surface area (Å²) >= 11 is 0. The quantitative estimate of drug-likeness (QED) is 0.926. The van der Waals surface area contributed by atoms with E-state index in [0.717, 1.165) is 29.8 Å². The maximum Gasteiger partial charge on any atom is 0.201 e. The molecule has 0 radical (unpaired) electrons. The highest BCUT2D eigenvalue weighted by atomic mass is 16.5. The molecule has 5 heteroatoms. The van der Waals surface area contributed by atoms with Crippen LogP contribution in [0.25, 0.3) is 0 Å². The molecule has 0 saturated heterocycles. The molecule has 118 valence electrons. The van der Waals surface area contributed by atoms with Crippen LogP contribution in [0.4, 0.5) is 0 Å². The number of methoxy groups -OCH3 is 2. The topological polar surface area (TPSA) is 60.3 Å². The van der Waals surface area contributed by atoms with Crippen LogP contribution in [0.2, 0.25) is 0 Å². The molecular formula is C18H17NO4. The summed E-state index contributed by atoms with van der Waals surface area (Å²) in [5, 5.41) is 10.5. The molecule has 5 nitrogen and oxygen atoms in total. The number of aliphatic imine (C=N–C) groups is 1. The second-order valence-corrected chi connectivity index (χ2v) is 5.59. The molecule has 2 heterocycles. The second-order valence-electron chi connectivity index (χ2n) is 5.59. The summed E-state index contributed by atoms with van der Waals surface area (Å²) in [6.07, 6.45) is 1.49. The highest BCUT2D eigenvalue weighted by molar-refractivity contribution is 6.07. The number of hydrogen-bond acceptors (Lipinski definition) is 5. The molecule has 0 atom stereocenters. The molecule has 2 aliphatic heterocycles. The van der Waals surface area contributed by atoms with Crippen molar-refractivity contribution in [1.29, 1.82) is 0 Å². The zero-order valence-corrected chi connectivity index (χ0v) is 13.0. The van der Waals surface area contributed by atoms with Crippen LogP contribution >= 0.6 is 0 Å². The molecular weight excluding hydrogens is 294 g/mol. The Hall–Kier alpha value is -2.69. The molecule has 0 spiro atoms. The van der Waals surface area contributed by atoms with Gasteiger partial charge in [0.25, 0.3) is 0 Å². The molecule has 0 aliphatic carbocycles. The van der Waals surface area contributed by atoms with Crippen molar-refractivity contribution >= 4 is 5.71 Å². The first kappa shape index (κ1) is 13.9. The van der Waals surface area contributed by atoms with Gasteiger partial charge in [-0.25, -0.2) is 0 Å². The van der Waals surface area contributed by atoms with Crippen LogP contribution in [0.1, 0.15) is 16.7 Å². The maximum atomic E-state index is 10.5. The van der Waals surface area contributed by atoms with Crippen molar-refractivity contribution < 1.29 is 19.3 Å². The highest BCUT2D eigenvalue weighted by Crippen LogP contribution is 2.48. The first-order chi connectivity index (χ1) is 11.2. The monoisotopic (exact) mass is 311 g/mol. The van der Waals surface area contributed by atoms with Crippen LogP contribution in [0.5, 0.6) is 28.7 Å². The highest BCUT2D eigenvalue weighted by Gasteiger charge is 2.29. The van der Waals surface area contributed by atoms with Gasteiger partial charge < -0.3 is 19.3 Å². The lowest BCUT2D eigenvalue weighted by molar-refractivity contribution is 0.343. The lowest BCUT2D eigenvalue weighted by atomic mass is 9.93. The van der Waals surface area contributed by atoms with Gasteiger partial charge in [0.1, 0.15) is 0 Å². The molecule has 23 heavy (non-hydrogen) atoms. The molecule has 0 fully saturated rings. The Kier molecular flexibility index (Phi) is 3.15. The summed E-state index contributed by atoms with van der Waals surface area (Å²) < 4.78 is 16.8. The van der Waals surface area contributed by atoms with E-state index in [0.29, 0.717) is 29.4 Å². The molecule has 0 bridgehead atoms. The van der Waals surface area contributed by atoms with E-state index in [1.54, 1.807) is 13.2 Å². The van der Waals surface area contributed by atoms with Crippen molar-refractivity contribution in [1.82, 2.24) is 0 Å². The van der Waals surface area contributed by atoms with Crippen LogP contribution in [-0.2, 0) is 12.8 Å². The Labute approximate surface area is 134 Å². The van der Waals surface area contributed by atoms with E-state index in [1.807, 2.05) is 12.1 Å². The summed E-state index contributed by atoms with van der Waals surface area (Å²) in [6.45, 7) is 0.769. The molecule has 2 aromatic rings. The minimum absolute atomic E-state index is 0.00361. The second kappa shape index (κ2) is 5.19. The molecule has 0 saturated carbocycles. The number of phenolic OH excluding ortho intramolecular Hbond substituents is 1. The van der Waals surface area contributed by atoms with E-state index in [2.05, 4.69) is 11.1 Å². The zero-order chi connectivity index (χ0) is 16.0. The summed E-state index contributed by atoms with van der Waals surface area (Å²) in [7, 11) is 3.13. The average Bonchev–Trinajstić information content (AvgIpc) is 2.75. The van der Waals surface area contributed by atoms with Gasteiger partial charge >= 0.3 is 0 Å². The van der Waals surface area contributed by atoms with Gasteiger partial charge in [-0.3, -0.25) is 4.99 Å². The molecule has 0 unspecified atom stereocenters. The van der Waals surface area contributed by atoms with Crippen molar-refractivity contribution in [2.45, 2.75) is 12.8 Å². The summed E-state index contributed by atoms with van der Waals surface area (Å²) in [6, 6.07) is 7.61. The molecule has 4 rings (SSSR count). The Bertz CT molecular complexity index is 826. The molecule has 1 N–H and O–H groups in total. The Morgan fingerprint density at radius 1 is 1.00 bits per heavy atom. The Morgan fingerprint density at radius 3 is 2.52 bits per heavy atom. The fourth-order valence-electron chi connectivity index (χ4n) is 3.22. The van der Waals surface area contributed by atoms with Gasteiger partial charge in [0, 0.05) is 24.1 Å². The van der Waals surface area contributed by atoms with Crippen molar-refractivity contribution in [3.63, 3.8) is 0 Å².